The lowest BCUT2D eigenvalue weighted by molar-refractivity contribution is 0.340. The predicted molar refractivity (Wildman–Crippen MR) is 87.6 cm³/mol. The van der Waals surface area contributed by atoms with Crippen molar-refractivity contribution in [2.75, 3.05) is 13.2 Å². The maximum Gasteiger partial charge on any atom is 0.121 e. The van der Waals surface area contributed by atoms with Crippen molar-refractivity contribution in [2.24, 2.45) is 0 Å². The van der Waals surface area contributed by atoms with E-state index in [1.165, 1.54) is 5.56 Å². The molecule has 0 atom stereocenters. The molecule has 110 valence electrons. The molecule has 0 fully saturated rings. The van der Waals surface area contributed by atoms with Crippen LogP contribution in [0.25, 0.3) is 0 Å². The molecular weight excluding hydrogens is 284 g/mol. The fourth-order valence-corrected chi connectivity index (χ4v) is 2.24. The number of benzene rings is 2. The molecule has 0 aromatic heterocycles. The number of rotatable bonds is 7. The second-order valence-electron chi connectivity index (χ2n) is 4.61. The summed E-state index contributed by atoms with van der Waals surface area (Å²) in [6.45, 7) is 6.76. The SMILES string of the molecule is C=CCOc1ccc(Cc2ccc(OCC)cc2)c(Cl)c1. The molecule has 0 saturated carbocycles. The summed E-state index contributed by atoms with van der Waals surface area (Å²) in [5.41, 5.74) is 2.27. The van der Waals surface area contributed by atoms with Gasteiger partial charge in [-0.1, -0.05) is 42.5 Å². The third-order valence-electron chi connectivity index (χ3n) is 3.02. The molecule has 0 heterocycles. The smallest absolute Gasteiger partial charge is 0.121 e. The van der Waals surface area contributed by atoms with E-state index in [1.807, 2.05) is 37.3 Å². The molecule has 21 heavy (non-hydrogen) atoms. The van der Waals surface area contributed by atoms with Gasteiger partial charge < -0.3 is 9.47 Å². The van der Waals surface area contributed by atoms with Crippen molar-refractivity contribution in [3.05, 3.63) is 71.3 Å². The zero-order chi connectivity index (χ0) is 15.1. The van der Waals surface area contributed by atoms with Gasteiger partial charge in [-0.3, -0.25) is 0 Å². The molecular formula is C18H19ClO2. The molecule has 2 nitrogen and oxygen atoms in total. The molecule has 0 amide bonds. The van der Waals surface area contributed by atoms with E-state index in [4.69, 9.17) is 21.1 Å². The van der Waals surface area contributed by atoms with Crippen molar-refractivity contribution in [3.8, 4) is 11.5 Å². The van der Waals surface area contributed by atoms with E-state index in [-0.39, 0.29) is 0 Å². The Hall–Kier alpha value is -1.93. The zero-order valence-electron chi connectivity index (χ0n) is 12.1. The highest BCUT2D eigenvalue weighted by atomic mass is 35.5. The quantitative estimate of drug-likeness (QED) is 0.678. The molecule has 3 heteroatoms. The molecule has 2 aromatic rings. The summed E-state index contributed by atoms with van der Waals surface area (Å²) in [7, 11) is 0. The van der Waals surface area contributed by atoms with Crippen LogP contribution in [0.5, 0.6) is 11.5 Å². The molecule has 0 aliphatic rings. The van der Waals surface area contributed by atoms with Gasteiger partial charge in [-0.05, 0) is 48.7 Å². The normalized spacial score (nSPS) is 10.2. The van der Waals surface area contributed by atoms with Crippen LogP contribution in [-0.4, -0.2) is 13.2 Å². The largest absolute Gasteiger partial charge is 0.494 e. The Bertz CT molecular complexity index is 591. The van der Waals surface area contributed by atoms with E-state index in [2.05, 4.69) is 18.7 Å². The van der Waals surface area contributed by atoms with Gasteiger partial charge in [-0.15, -0.1) is 0 Å². The van der Waals surface area contributed by atoms with Crippen molar-refractivity contribution in [1.29, 1.82) is 0 Å². The summed E-state index contributed by atoms with van der Waals surface area (Å²) in [5, 5.41) is 0.713. The maximum absolute atomic E-state index is 6.31. The summed E-state index contributed by atoms with van der Waals surface area (Å²) < 4.78 is 10.9. The third-order valence-corrected chi connectivity index (χ3v) is 3.37. The third kappa shape index (κ3) is 4.54. The Morgan fingerprint density at radius 2 is 1.76 bits per heavy atom. The van der Waals surface area contributed by atoms with Crippen LogP contribution in [0.15, 0.2) is 55.1 Å². The highest BCUT2D eigenvalue weighted by Crippen LogP contribution is 2.25. The Kier molecular flexibility index (Phi) is 5.70. The summed E-state index contributed by atoms with van der Waals surface area (Å²) >= 11 is 6.31. The molecule has 0 aliphatic heterocycles. The van der Waals surface area contributed by atoms with E-state index < -0.39 is 0 Å². The van der Waals surface area contributed by atoms with Crippen LogP contribution < -0.4 is 9.47 Å². The molecule has 0 bridgehead atoms. The fourth-order valence-electron chi connectivity index (χ4n) is 2.01. The number of hydrogen-bond donors (Lipinski definition) is 0. The van der Waals surface area contributed by atoms with Crippen LogP contribution in [0.1, 0.15) is 18.1 Å². The van der Waals surface area contributed by atoms with Crippen LogP contribution >= 0.6 is 11.6 Å². The van der Waals surface area contributed by atoms with E-state index in [9.17, 15) is 0 Å². The summed E-state index contributed by atoms with van der Waals surface area (Å²) in [6.07, 6.45) is 2.49. The highest BCUT2D eigenvalue weighted by Gasteiger charge is 2.04. The standard InChI is InChI=1S/C18H19ClO2/c1-3-11-21-17-10-7-15(18(19)13-17)12-14-5-8-16(9-6-14)20-4-2/h3,5-10,13H,1,4,11-12H2,2H3. The fraction of sp³-hybridized carbons (Fsp3) is 0.222. The van der Waals surface area contributed by atoms with Gasteiger partial charge in [0, 0.05) is 5.02 Å². The molecule has 0 N–H and O–H groups in total. The van der Waals surface area contributed by atoms with Gasteiger partial charge in [0.1, 0.15) is 18.1 Å². The Balaban J connectivity index is 2.06. The van der Waals surface area contributed by atoms with Gasteiger partial charge in [0.2, 0.25) is 0 Å². The first-order chi connectivity index (χ1) is 10.2. The second kappa shape index (κ2) is 7.75. The Morgan fingerprint density at radius 3 is 2.38 bits per heavy atom. The lowest BCUT2D eigenvalue weighted by Crippen LogP contribution is -1.95. The lowest BCUT2D eigenvalue weighted by Gasteiger charge is -2.09. The average molecular weight is 303 g/mol. The van der Waals surface area contributed by atoms with E-state index >= 15 is 0 Å². The van der Waals surface area contributed by atoms with Gasteiger partial charge >= 0.3 is 0 Å². The minimum Gasteiger partial charge on any atom is -0.494 e. The first kappa shape index (κ1) is 15.5. The summed E-state index contributed by atoms with van der Waals surface area (Å²) in [5.74, 6) is 1.65. The highest BCUT2D eigenvalue weighted by molar-refractivity contribution is 6.31. The van der Waals surface area contributed by atoms with Gasteiger partial charge in [-0.2, -0.15) is 0 Å². The number of halogens is 1. The predicted octanol–water partition coefficient (Wildman–Crippen LogP) is 4.89. The minimum atomic E-state index is 0.481. The molecule has 0 saturated heterocycles. The van der Waals surface area contributed by atoms with Gasteiger partial charge in [-0.25, -0.2) is 0 Å². The monoisotopic (exact) mass is 302 g/mol. The van der Waals surface area contributed by atoms with Crippen LogP contribution in [0.4, 0.5) is 0 Å². The maximum atomic E-state index is 6.31. The van der Waals surface area contributed by atoms with Crippen molar-refractivity contribution in [3.63, 3.8) is 0 Å². The average Bonchev–Trinajstić information content (AvgIpc) is 2.50. The molecule has 0 aliphatic carbocycles. The summed E-state index contributed by atoms with van der Waals surface area (Å²) in [4.78, 5) is 0. The zero-order valence-corrected chi connectivity index (χ0v) is 12.9. The van der Waals surface area contributed by atoms with E-state index in [1.54, 1.807) is 6.08 Å². The van der Waals surface area contributed by atoms with Gasteiger partial charge in [0.25, 0.3) is 0 Å². The van der Waals surface area contributed by atoms with Crippen LogP contribution in [0.2, 0.25) is 5.02 Å². The molecule has 2 aromatic carbocycles. The molecule has 0 spiro atoms. The van der Waals surface area contributed by atoms with Crippen molar-refractivity contribution in [1.82, 2.24) is 0 Å². The lowest BCUT2D eigenvalue weighted by atomic mass is 10.0. The van der Waals surface area contributed by atoms with E-state index in [0.29, 0.717) is 18.2 Å². The first-order valence-electron chi connectivity index (χ1n) is 6.96. The van der Waals surface area contributed by atoms with Crippen molar-refractivity contribution in [2.45, 2.75) is 13.3 Å². The molecule has 0 radical (unpaired) electrons. The van der Waals surface area contributed by atoms with Crippen LogP contribution in [0, 0.1) is 0 Å². The first-order valence-corrected chi connectivity index (χ1v) is 7.34. The Labute approximate surface area is 131 Å². The van der Waals surface area contributed by atoms with E-state index in [0.717, 1.165) is 23.5 Å². The van der Waals surface area contributed by atoms with Crippen molar-refractivity contribution >= 4 is 11.6 Å². The van der Waals surface area contributed by atoms with Crippen molar-refractivity contribution < 1.29 is 9.47 Å². The van der Waals surface area contributed by atoms with Gasteiger partial charge in [0.15, 0.2) is 0 Å². The van der Waals surface area contributed by atoms with Crippen LogP contribution in [-0.2, 0) is 6.42 Å². The second-order valence-corrected chi connectivity index (χ2v) is 5.01. The summed E-state index contributed by atoms with van der Waals surface area (Å²) in [6, 6.07) is 13.8. The Morgan fingerprint density at radius 1 is 1.05 bits per heavy atom. The molecule has 2 rings (SSSR count). The van der Waals surface area contributed by atoms with Crippen LogP contribution in [0.3, 0.4) is 0 Å². The molecule has 0 unspecified atom stereocenters. The topological polar surface area (TPSA) is 18.5 Å². The minimum absolute atomic E-state index is 0.481. The number of hydrogen-bond acceptors (Lipinski definition) is 2. The van der Waals surface area contributed by atoms with Gasteiger partial charge in [0.05, 0.1) is 6.61 Å². The number of ether oxygens (including phenoxy) is 2.